The molecule has 2 aromatic rings. The third kappa shape index (κ3) is 3.90. The lowest BCUT2D eigenvalue weighted by Gasteiger charge is -2.13. The van der Waals surface area contributed by atoms with Gasteiger partial charge in [-0.1, -0.05) is 17.3 Å². The fourth-order valence-corrected chi connectivity index (χ4v) is 2.09. The lowest BCUT2D eigenvalue weighted by Crippen LogP contribution is -2.05. The van der Waals surface area contributed by atoms with Crippen LogP contribution < -0.4 is 14.2 Å². The van der Waals surface area contributed by atoms with E-state index in [1.165, 1.54) is 27.4 Å². The summed E-state index contributed by atoms with van der Waals surface area (Å²) in [7, 11) is 4.42. The van der Waals surface area contributed by atoms with Gasteiger partial charge in [-0.05, 0) is 13.0 Å². The van der Waals surface area contributed by atoms with Crippen LogP contribution in [-0.4, -0.2) is 42.1 Å². The normalized spacial score (nSPS) is 11.1. The van der Waals surface area contributed by atoms with Gasteiger partial charge in [0.2, 0.25) is 11.8 Å². The molecule has 0 atom stereocenters. The van der Waals surface area contributed by atoms with Crippen LogP contribution in [0.15, 0.2) is 29.4 Å². The van der Waals surface area contributed by atoms with Gasteiger partial charge in [0.1, 0.15) is 12.9 Å². The zero-order valence-electron chi connectivity index (χ0n) is 13.9. The van der Waals surface area contributed by atoms with Crippen LogP contribution >= 0.6 is 0 Å². The quantitative estimate of drug-likeness (QED) is 0.612. The molecule has 1 aromatic heterocycles. The van der Waals surface area contributed by atoms with E-state index in [4.69, 9.17) is 19.0 Å². The van der Waals surface area contributed by atoms with Gasteiger partial charge in [0, 0.05) is 11.1 Å². The highest BCUT2D eigenvalue weighted by Gasteiger charge is 2.14. The SMILES string of the molecule is CO/N=C(/C)c1cccc(Oc2nc(OC)cc(OC)n2)c1CO. The van der Waals surface area contributed by atoms with Gasteiger partial charge < -0.3 is 24.2 Å². The molecule has 1 aromatic carbocycles. The van der Waals surface area contributed by atoms with Crippen LogP contribution in [0.1, 0.15) is 18.1 Å². The standard InChI is InChI=1S/C16H19N3O5/c1-10(19-23-4)11-6-5-7-13(12(11)9-20)24-16-17-14(21-2)8-15(18-16)22-3/h5-8,20H,9H2,1-4H3/b19-10-. The zero-order chi connectivity index (χ0) is 17.5. The van der Waals surface area contributed by atoms with Crippen LogP contribution in [0.5, 0.6) is 23.5 Å². The van der Waals surface area contributed by atoms with E-state index in [1.54, 1.807) is 19.1 Å². The Hall–Kier alpha value is -2.87. The van der Waals surface area contributed by atoms with E-state index in [0.717, 1.165) is 0 Å². The predicted octanol–water partition coefficient (Wildman–Crippen LogP) is 2.15. The Morgan fingerprint density at radius 3 is 2.33 bits per heavy atom. The average molecular weight is 333 g/mol. The number of oxime groups is 1. The van der Waals surface area contributed by atoms with Crippen LogP contribution in [-0.2, 0) is 11.4 Å². The molecule has 0 aliphatic rings. The van der Waals surface area contributed by atoms with Crippen molar-refractivity contribution < 1.29 is 24.2 Å². The number of nitrogens with zero attached hydrogens (tertiary/aromatic N) is 3. The monoisotopic (exact) mass is 333 g/mol. The fraction of sp³-hybridized carbons (Fsp3) is 0.312. The summed E-state index contributed by atoms with van der Waals surface area (Å²) in [5.41, 5.74) is 1.85. The summed E-state index contributed by atoms with van der Waals surface area (Å²) in [6.07, 6.45) is 0. The molecule has 128 valence electrons. The summed E-state index contributed by atoms with van der Waals surface area (Å²) < 4.78 is 15.9. The Morgan fingerprint density at radius 1 is 1.12 bits per heavy atom. The number of aliphatic hydroxyl groups is 1. The van der Waals surface area contributed by atoms with Gasteiger partial charge in [0.15, 0.2) is 0 Å². The lowest BCUT2D eigenvalue weighted by atomic mass is 10.0. The van der Waals surface area contributed by atoms with E-state index in [-0.39, 0.29) is 12.6 Å². The molecule has 24 heavy (non-hydrogen) atoms. The van der Waals surface area contributed by atoms with Gasteiger partial charge in [-0.15, -0.1) is 0 Å². The van der Waals surface area contributed by atoms with E-state index in [9.17, 15) is 5.11 Å². The summed E-state index contributed by atoms with van der Waals surface area (Å²) in [4.78, 5) is 13.0. The number of hydrogen-bond donors (Lipinski definition) is 1. The summed E-state index contributed by atoms with van der Waals surface area (Å²) >= 11 is 0. The van der Waals surface area contributed by atoms with Crippen molar-refractivity contribution in [2.45, 2.75) is 13.5 Å². The number of aliphatic hydroxyl groups excluding tert-OH is 1. The van der Waals surface area contributed by atoms with Crippen LogP contribution in [0.25, 0.3) is 0 Å². The predicted molar refractivity (Wildman–Crippen MR) is 86.8 cm³/mol. The molecule has 0 aliphatic heterocycles. The Balaban J connectivity index is 2.43. The number of benzene rings is 1. The maximum absolute atomic E-state index is 9.73. The van der Waals surface area contributed by atoms with Gasteiger partial charge >= 0.3 is 6.01 Å². The highest BCUT2D eigenvalue weighted by molar-refractivity contribution is 6.00. The second kappa shape index (κ2) is 8.11. The maximum Gasteiger partial charge on any atom is 0.328 e. The van der Waals surface area contributed by atoms with E-state index < -0.39 is 0 Å². The molecule has 0 bridgehead atoms. The topological polar surface area (TPSA) is 95.3 Å². The van der Waals surface area contributed by atoms with Gasteiger partial charge in [0.05, 0.1) is 32.6 Å². The molecule has 0 fully saturated rings. The van der Waals surface area contributed by atoms with E-state index in [0.29, 0.717) is 34.3 Å². The largest absolute Gasteiger partial charge is 0.481 e. The summed E-state index contributed by atoms with van der Waals surface area (Å²) in [5, 5.41) is 13.6. The Morgan fingerprint density at radius 2 is 1.79 bits per heavy atom. The molecule has 0 spiro atoms. The van der Waals surface area contributed by atoms with Crippen molar-refractivity contribution in [2.75, 3.05) is 21.3 Å². The van der Waals surface area contributed by atoms with Crippen molar-refractivity contribution in [2.24, 2.45) is 5.16 Å². The minimum Gasteiger partial charge on any atom is -0.481 e. The van der Waals surface area contributed by atoms with Gasteiger partial charge in [0.25, 0.3) is 0 Å². The number of hydrogen-bond acceptors (Lipinski definition) is 8. The van der Waals surface area contributed by atoms with Crippen molar-refractivity contribution in [1.82, 2.24) is 9.97 Å². The van der Waals surface area contributed by atoms with Crippen molar-refractivity contribution in [3.63, 3.8) is 0 Å². The van der Waals surface area contributed by atoms with Crippen molar-refractivity contribution in [1.29, 1.82) is 0 Å². The molecule has 1 N–H and O–H groups in total. The highest BCUT2D eigenvalue weighted by Crippen LogP contribution is 2.29. The average Bonchev–Trinajstić information content (AvgIpc) is 2.61. The van der Waals surface area contributed by atoms with E-state index in [2.05, 4.69) is 15.1 Å². The highest BCUT2D eigenvalue weighted by atomic mass is 16.6. The molecule has 0 unspecified atom stereocenters. The smallest absolute Gasteiger partial charge is 0.328 e. The molecular formula is C16H19N3O5. The molecular weight excluding hydrogens is 314 g/mol. The first kappa shape index (κ1) is 17.5. The fourth-order valence-electron chi connectivity index (χ4n) is 2.09. The van der Waals surface area contributed by atoms with Crippen LogP contribution in [0.4, 0.5) is 0 Å². The molecule has 8 nitrogen and oxygen atoms in total. The molecule has 0 aliphatic carbocycles. The number of rotatable bonds is 7. The van der Waals surface area contributed by atoms with Gasteiger partial charge in [-0.3, -0.25) is 0 Å². The third-order valence-electron chi connectivity index (χ3n) is 3.19. The first-order valence-corrected chi connectivity index (χ1v) is 7.08. The first-order valence-electron chi connectivity index (χ1n) is 7.08. The first-order chi connectivity index (χ1) is 11.6. The number of methoxy groups -OCH3 is 2. The van der Waals surface area contributed by atoms with Crippen molar-refractivity contribution in [3.05, 3.63) is 35.4 Å². The molecule has 0 radical (unpaired) electrons. The minimum atomic E-state index is -0.247. The summed E-state index contributed by atoms with van der Waals surface area (Å²) in [6.45, 7) is 1.52. The number of aromatic nitrogens is 2. The molecule has 0 amide bonds. The van der Waals surface area contributed by atoms with Crippen LogP contribution in [0.2, 0.25) is 0 Å². The van der Waals surface area contributed by atoms with E-state index >= 15 is 0 Å². The maximum atomic E-state index is 9.73. The van der Waals surface area contributed by atoms with Crippen LogP contribution in [0.3, 0.4) is 0 Å². The summed E-state index contributed by atoms with van der Waals surface area (Å²) in [6, 6.07) is 6.86. The van der Waals surface area contributed by atoms with Crippen molar-refractivity contribution >= 4 is 5.71 Å². The molecule has 2 rings (SSSR count). The number of ether oxygens (including phenoxy) is 3. The van der Waals surface area contributed by atoms with Gasteiger partial charge in [-0.2, -0.15) is 9.97 Å². The molecule has 8 heteroatoms. The Kier molecular flexibility index (Phi) is 5.91. The minimum absolute atomic E-state index is 0.0411. The molecule has 1 heterocycles. The van der Waals surface area contributed by atoms with E-state index in [1.807, 2.05) is 6.07 Å². The second-order valence-electron chi connectivity index (χ2n) is 4.64. The second-order valence-corrected chi connectivity index (χ2v) is 4.64. The zero-order valence-corrected chi connectivity index (χ0v) is 13.9. The lowest BCUT2D eigenvalue weighted by molar-refractivity contribution is 0.213. The molecule has 0 saturated carbocycles. The van der Waals surface area contributed by atoms with Crippen LogP contribution in [0, 0.1) is 0 Å². The Bertz CT molecular complexity index is 711. The third-order valence-corrected chi connectivity index (χ3v) is 3.19. The molecule has 0 saturated heterocycles. The Labute approximate surface area is 139 Å². The van der Waals surface area contributed by atoms with Gasteiger partial charge in [-0.25, -0.2) is 0 Å². The van der Waals surface area contributed by atoms with Crippen molar-refractivity contribution in [3.8, 4) is 23.5 Å². The summed E-state index contributed by atoms with van der Waals surface area (Å²) in [5.74, 6) is 1.00.